The third kappa shape index (κ3) is 8.85. The van der Waals surface area contributed by atoms with Crippen molar-refractivity contribution >= 4 is 35.2 Å². The number of carboxylic acid groups (broad SMARTS) is 1. The van der Waals surface area contributed by atoms with E-state index in [0.29, 0.717) is 29.4 Å². The van der Waals surface area contributed by atoms with Gasteiger partial charge in [-0.2, -0.15) is 11.8 Å². The summed E-state index contributed by atoms with van der Waals surface area (Å²) < 4.78 is 6.58. The number of nitrogens with one attached hydrogen (secondary N) is 1. The fraction of sp³-hybridized carbons (Fsp3) is 0.429. The summed E-state index contributed by atoms with van der Waals surface area (Å²) in [4.78, 5) is 25.4. The van der Waals surface area contributed by atoms with Gasteiger partial charge in [-0.05, 0) is 96.2 Å². The Morgan fingerprint density at radius 3 is 2.48 bits per heavy atom. The van der Waals surface area contributed by atoms with Crippen LogP contribution in [0.2, 0.25) is 5.02 Å². The van der Waals surface area contributed by atoms with Gasteiger partial charge in [0, 0.05) is 17.2 Å². The van der Waals surface area contributed by atoms with Gasteiger partial charge in [-0.15, -0.1) is 0 Å². The van der Waals surface area contributed by atoms with E-state index in [0.717, 1.165) is 40.2 Å². The summed E-state index contributed by atoms with van der Waals surface area (Å²) in [5.74, 6) is -0.00153. The van der Waals surface area contributed by atoms with Crippen LogP contribution in [-0.2, 0) is 9.53 Å². The Balaban J connectivity index is 1.66. The van der Waals surface area contributed by atoms with Crippen LogP contribution in [0, 0.1) is 12.8 Å². The Morgan fingerprint density at radius 1 is 1.00 bits per heavy atom. The van der Waals surface area contributed by atoms with E-state index in [9.17, 15) is 14.7 Å². The summed E-state index contributed by atoms with van der Waals surface area (Å²) in [6.07, 6.45) is 10.8. The second kappa shape index (κ2) is 16.2. The molecule has 1 amide bonds. The minimum absolute atomic E-state index is 0.353. The first kappa shape index (κ1) is 32.1. The lowest BCUT2D eigenvalue weighted by atomic mass is 9.86. The van der Waals surface area contributed by atoms with Gasteiger partial charge in [0.2, 0.25) is 0 Å². The predicted molar refractivity (Wildman–Crippen MR) is 174 cm³/mol. The molecular weight excluding hydrogens is 566 g/mol. The monoisotopic (exact) mass is 607 g/mol. The first-order valence-electron chi connectivity index (χ1n) is 15.0. The Labute approximate surface area is 259 Å². The number of hydrogen-bond acceptors (Lipinski definition) is 4. The fourth-order valence-electron chi connectivity index (χ4n) is 5.85. The van der Waals surface area contributed by atoms with Gasteiger partial charge in [-0.3, -0.25) is 4.79 Å². The maximum atomic E-state index is 13.6. The summed E-state index contributed by atoms with van der Waals surface area (Å²) in [5.41, 5.74) is 5.00. The molecule has 7 heteroatoms. The van der Waals surface area contributed by atoms with Crippen molar-refractivity contribution in [2.45, 2.75) is 70.4 Å². The highest BCUT2D eigenvalue weighted by Crippen LogP contribution is 2.35. The molecule has 1 saturated carbocycles. The third-order valence-corrected chi connectivity index (χ3v) is 9.04. The van der Waals surface area contributed by atoms with E-state index in [1.54, 1.807) is 17.8 Å². The highest BCUT2D eigenvalue weighted by atomic mass is 35.5. The van der Waals surface area contributed by atoms with Crippen LogP contribution in [0.25, 0.3) is 11.1 Å². The average Bonchev–Trinajstić information content (AvgIpc) is 2.99. The number of amides is 1. The van der Waals surface area contributed by atoms with Crippen LogP contribution in [0.5, 0.6) is 0 Å². The van der Waals surface area contributed by atoms with Gasteiger partial charge in [-0.25, -0.2) is 4.79 Å². The summed E-state index contributed by atoms with van der Waals surface area (Å²) in [7, 11) is 0. The summed E-state index contributed by atoms with van der Waals surface area (Å²) in [6.45, 7) is 2.64. The smallest absolute Gasteiger partial charge is 0.326 e. The number of ether oxygens (including phenoxy) is 1. The van der Waals surface area contributed by atoms with Crippen LogP contribution >= 0.6 is 23.4 Å². The number of hydrogen-bond donors (Lipinski definition) is 2. The van der Waals surface area contributed by atoms with Crippen molar-refractivity contribution in [3.63, 3.8) is 0 Å². The summed E-state index contributed by atoms with van der Waals surface area (Å²) >= 11 is 7.96. The zero-order valence-corrected chi connectivity index (χ0v) is 26.2. The molecule has 1 aliphatic rings. The standard InChI is InChI=1S/C35H42ClNO4S/c1-24-10-6-7-16-29(24)31-23-27(17-18-30(31)34(38)37-32(35(39)40)19-21-42-2)33(26-14-8-15-28(36)22-26)41-20-9-13-25-11-4-3-5-12-25/h6-8,10,14-18,22-23,25,32-33H,3-5,9,11-13,19-21H2,1-2H3,(H,37,38)(H,39,40). The van der Waals surface area contributed by atoms with Crippen molar-refractivity contribution in [1.82, 2.24) is 5.32 Å². The van der Waals surface area contributed by atoms with Gasteiger partial charge in [0.1, 0.15) is 12.1 Å². The van der Waals surface area contributed by atoms with E-state index < -0.39 is 17.9 Å². The van der Waals surface area contributed by atoms with Crippen molar-refractivity contribution in [2.75, 3.05) is 18.6 Å². The van der Waals surface area contributed by atoms with E-state index in [2.05, 4.69) is 5.32 Å². The number of aliphatic carboxylic acids is 1. The van der Waals surface area contributed by atoms with Crippen molar-refractivity contribution in [3.8, 4) is 11.1 Å². The second-order valence-electron chi connectivity index (χ2n) is 11.2. The Hall–Kier alpha value is -2.80. The van der Waals surface area contributed by atoms with E-state index >= 15 is 0 Å². The molecule has 0 aliphatic heterocycles. The molecule has 1 fully saturated rings. The molecule has 4 rings (SSSR count). The zero-order chi connectivity index (χ0) is 29.9. The molecule has 0 saturated heterocycles. The van der Waals surface area contributed by atoms with Gasteiger partial charge < -0.3 is 15.2 Å². The fourth-order valence-corrected chi connectivity index (χ4v) is 6.52. The summed E-state index contributed by atoms with van der Waals surface area (Å²) in [6, 6.07) is 20.4. The van der Waals surface area contributed by atoms with Crippen molar-refractivity contribution in [2.24, 2.45) is 5.92 Å². The number of carbonyl (C=O) groups is 2. The SMILES string of the molecule is CSCCC(NC(=O)c1ccc(C(OCCCC2CCCCC2)c2cccc(Cl)c2)cc1-c1ccccc1C)C(=O)O. The van der Waals surface area contributed by atoms with Gasteiger partial charge >= 0.3 is 5.97 Å². The molecule has 3 aromatic rings. The normalized spacial score (nSPS) is 15.2. The third-order valence-electron chi connectivity index (χ3n) is 8.16. The number of carbonyl (C=O) groups excluding carboxylic acids is 1. The lowest BCUT2D eigenvalue weighted by Gasteiger charge is -2.24. The highest BCUT2D eigenvalue weighted by molar-refractivity contribution is 7.98. The molecule has 0 radical (unpaired) electrons. The van der Waals surface area contributed by atoms with Crippen LogP contribution in [0.1, 0.15) is 84.5 Å². The van der Waals surface area contributed by atoms with Crippen molar-refractivity contribution in [1.29, 1.82) is 0 Å². The Bertz CT molecular complexity index is 1340. The molecule has 0 heterocycles. The lowest BCUT2D eigenvalue weighted by molar-refractivity contribution is -0.139. The number of thioether (sulfide) groups is 1. The molecule has 0 aromatic heterocycles. The van der Waals surface area contributed by atoms with Gasteiger partial charge in [0.25, 0.3) is 5.91 Å². The average molecular weight is 608 g/mol. The first-order valence-corrected chi connectivity index (χ1v) is 16.7. The first-order chi connectivity index (χ1) is 20.4. The van der Waals surface area contributed by atoms with Gasteiger partial charge in [0.15, 0.2) is 0 Å². The largest absolute Gasteiger partial charge is 0.480 e. The topological polar surface area (TPSA) is 75.6 Å². The maximum absolute atomic E-state index is 13.6. The van der Waals surface area contributed by atoms with Gasteiger partial charge in [-0.1, -0.05) is 86.2 Å². The van der Waals surface area contributed by atoms with E-state index in [1.807, 2.05) is 73.8 Å². The number of rotatable bonds is 14. The minimum atomic E-state index is -1.03. The van der Waals surface area contributed by atoms with E-state index in [4.69, 9.17) is 16.3 Å². The quantitative estimate of drug-likeness (QED) is 0.179. The van der Waals surface area contributed by atoms with E-state index in [1.165, 1.54) is 38.5 Å². The Morgan fingerprint density at radius 2 is 1.76 bits per heavy atom. The molecule has 2 N–H and O–H groups in total. The molecule has 42 heavy (non-hydrogen) atoms. The number of benzene rings is 3. The van der Waals surface area contributed by atoms with Crippen molar-refractivity contribution in [3.05, 3.63) is 94.0 Å². The molecule has 3 aromatic carbocycles. The number of aryl methyl sites for hydroxylation is 1. The zero-order valence-electron chi connectivity index (χ0n) is 24.6. The van der Waals surface area contributed by atoms with Crippen LogP contribution in [0.4, 0.5) is 0 Å². The van der Waals surface area contributed by atoms with Gasteiger partial charge in [0.05, 0.1) is 0 Å². The molecule has 2 atom stereocenters. The maximum Gasteiger partial charge on any atom is 0.326 e. The van der Waals surface area contributed by atoms with Crippen LogP contribution in [-0.4, -0.2) is 41.6 Å². The molecule has 1 aliphatic carbocycles. The molecule has 0 spiro atoms. The van der Waals surface area contributed by atoms with Crippen LogP contribution in [0.15, 0.2) is 66.7 Å². The molecule has 5 nitrogen and oxygen atoms in total. The molecule has 2 unspecified atom stereocenters. The minimum Gasteiger partial charge on any atom is -0.480 e. The van der Waals surface area contributed by atoms with Crippen LogP contribution < -0.4 is 5.32 Å². The number of halogens is 1. The Kier molecular flexibility index (Phi) is 12.4. The van der Waals surface area contributed by atoms with Crippen molar-refractivity contribution < 1.29 is 19.4 Å². The van der Waals surface area contributed by atoms with E-state index in [-0.39, 0.29) is 6.10 Å². The highest BCUT2D eigenvalue weighted by Gasteiger charge is 2.25. The van der Waals surface area contributed by atoms with Crippen LogP contribution in [0.3, 0.4) is 0 Å². The summed E-state index contributed by atoms with van der Waals surface area (Å²) in [5, 5.41) is 13.1. The number of carboxylic acids is 1. The lowest BCUT2D eigenvalue weighted by Crippen LogP contribution is -2.41. The molecular formula is C35H42ClNO4S. The second-order valence-corrected chi connectivity index (χ2v) is 12.6. The molecule has 0 bridgehead atoms. The molecule has 224 valence electrons. The predicted octanol–water partition coefficient (Wildman–Crippen LogP) is 8.72.